The standard InChI is InChI=1S/C19H19N.Fe/c1-2-8-17(9-3-1)14-20(15-18-10-4-5-11-18)16-19-12-6-7-13-19;/h1-13H,14-16H2;/q-2;+2. The van der Waals surface area contributed by atoms with Crippen molar-refractivity contribution in [3.05, 3.63) is 95.6 Å². The molecule has 0 unspecified atom stereocenters. The zero-order valence-electron chi connectivity index (χ0n) is 11.9. The molecule has 0 saturated heterocycles. The molecule has 0 N–H and O–H groups in total. The van der Waals surface area contributed by atoms with Crippen molar-refractivity contribution in [2.45, 2.75) is 19.6 Å². The van der Waals surface area contributed by atoms with Gasteiger partial charge in [-0.1, -0.05) is 30.3 Å². The molecule has 0 bridgehead atoms. The normalized spacial score (nSPS) is 10.5. The smallest absolute Gasteiger partial charge is 0.305 e. The van der Waals surface area contributed by atoms with E-state index in [1.54, 1.807) is 0 Å². The monoisotopic (exact) mass is 317 g/mol. The maximum absolute atomic E-state index is 2.49. The van der Waals surface area contributed by atoms with Crippen LogP contribution in [0.3, 0.4) is 0 Å². The van der Waals surface area contributed by atoms with Crippen molar-refractivity contribution in [3.8, 4) is 0 Å². The summed E-state index contributed by atoms with van der Waals surface area (Å²) < 4.78 is 0. The van der Waals surface area contributed by atoms with Crippen LogP contribution in [0.2, 0.25) is 0 Å². The molecule has 0 radical (unpaired) electrons. The van der Waals surface area contributed by atoms with Gasteiger partial charge in [0, 0.05) is 6.54 Å². The summed E-state index contributed by atoms with van der Waals surface area (Å²) in [5.41, 5.74) is 4.13. The summed E-state index contributed by atoms with van der Waals surface area (Å²) in [5.74, 6) is 0. The number of rotatable bonds is 6. The van der Waals surface area contributed by atoms with Crippen LogP contribution in [0.25, 0.3) is 0 Å². The fraction of sp³-hybridized carbons (Fsp3) is 0.158. The minimum Gasteiger partial charge on any atom is -0.305 e. The molecule has 108 valence electrons. The first-order valence-electron chi connectivity index (χ1n) is 7.07. The van der Waals surface area contributed by atoms with Gasteiger partial charge < -0.3 is 4.90 Å². The third kappa shape index (κ3) is 4.71. The Labute approximate surface area is 137 Å². The predicted molar refractivity (Wildman–Crippen MR) is 83.5 cm³/mol. The summed E-state index contributed by atoms with van der Waals surface area (Å²) in [7, 11) is 0. The molecule has 0 aliphatic rings. The van der Waals surface area contributed by atoms with Crippen LogP contribution in [-0.2, 0) is 36.7 Å². The van der Waals surface area contributed by atoms with Gasteiger partial charge in [0.25, 0.3) is 0 Å². The van der Waals surface area contributed by atoms with E-state index < -0.39 is 0 Å². The van der Waals surface area contributed by atoms with Crippen molar-refractivity contribution >= 4 is 0 Å². The van der Waals surface area contributed by atoms with E-state index in [0.717, 1.165) is 19.6 Å². The summed E-state index contributed by atoms with van der Waals surface area (Å²) >= 11 is 0. The Kier molecular flexibility index (Phi) is 6.01. The molecule has 21 heavy (non-hydrogen) atoms. The molecule has 0 fully saturated rings. The fourth-order valence-corrected chi connectivity index (χ4v) is 2.56. The summed E-state index contributed by atoms with van der Waals surface area (Å²) in [5, 5.41) is 0. The second-order valence-corrected chi connectivity index (χ2v) is 5.22. The van der Waals surface area contributed by atoms with Gasteiger partial charge in [-0.3, -0.25) is 0 Å². The molecule has 0 aromatic heterocycles. The minimum atomic E-state index is 0. The molecule has 0 spiro atoms. The van der Waals surface area contributed by atoms with Crippen molar-refractivity contribution in [2.75, 3.05) is 0 Å². The van der Waals surface area contributed by atoms with Gasteiger partial charge in [0.2, 0.25) is 0 Å². The SMILES string of the molecule is [Fe+2].c1ccc(CN(Cc2cc[cH-]c2)Cc2ccc[cH-]2)cc1. The average Bonchev–Trinajstić information content (AvgIpc) is 3.13. The van der Waals surface area contributed by atoms with Crippen LogP contribution in [0.4, 0.5) is 0 Å². The molecule has 1 nitrogen and oxygen atoms in total. The van der Waals surface area contributed by atoms with Crippen LogP contribution >= 0.6 is 0 Å². The quantitative estimate of drug-likeness (QED) is 0.483. The molecule has 3 rings (SSSR count). The predicted octanol–water partition coefficient (Wildman–Crippen LogP) is 4.32. The van der Waals surface area contributed by atoms with Crippen LogP contribution in [0.1, 0.15) is 16.7 Å². The van der Waals surface area contributed by atoms with Gasteiger partial charge in [-0.15, -0.1) is 0 Å². The Balaban J connectivity index is 0.00000161. The van der Waals surface area contributed by atoms with Gasteiger partial charge in [-0.2, -0.15) is 41.5 Å². The van der Waals surface area contributed by atoms with E-state index in [2.05, 4.69) is 83.8 Å². The van der Waals surface area contributed by atoms with E-state index in [1.807, 2.05) is 0 Å². The first-order valence-corrected chi connectivity index (χ1v) is 7.07. The van der Waals surface area contributed by atoms with Gasteiger partial charge in [-0.05, 0) is 18.7 Å². The Hall–Kier alpha value is -1.60. The Morgan fingerprint density at radius 2 is 1.57 bits per heavy atom. The fourth-order valence-electron chi connectivity index (χ4n) is 2.56. The maximum atomic E-state index is 2.49. The number of hydrogen-bond acceptors (Lipinski definition) is 1. The van der Waals surface area contributed by atoms with Gasteiger partial charge in [0.15, 0.2) is 0 Å². The first-order chi connectivity index (χ1) is 9.90. The summed E-state index contributed by atoms with van der Waals surface area (Å²) in [6.07, 6.45) is 0. The topological polar surface area (TPSA) is 3.24 Å². The van der Waals surface area contributed by atoms with Crippen LogP contribution in [0, 0.1) is 0 Å². The van der Waals surface area contributed by atoms with Gasteiger partial charge in [0.1, 0.15) is 0 Å². The Morgan fingerprint density at radius 1 is 0.762 bits per heavy atom. The number of hydrogen-bond donors (Lipinski definition) is 0. The van der Waals surface area contributed by atoms with Crippen molar-refractivity contribution in [1.82, 2.24) is 4.90 Å². The van der Waals surface area contributed by atoms with Crippen molar-refractivity contribution in [3.63, 3.8) is 0 Å². The third-order valence-corrected chi connectivity index (χ3v) is 3.52. The van der Waals surface area contributed by atoms with Gasteiger partial charge in [-0.25, -0.2) is 18.2 Å². The Morgan fingerprint density at radius 3 is 2.24 bits per heavy atom. The molecule has 0 heterocycles. The van der Waals surface area contributed by atoms with Gasteiger partial charge >= 0.3 is 17.1 Å². The van der Waals surface area contributed by atoms with Crippen molar-refractivity contribution in [1.29, 1.82) is 0 Å². The second-order valence-electron chi connectivity index (χ2n) is 5.22. The number of benzene rings is 1. The molecule has 0 atom stereocenters. The molecule has 0 aliphatic heterocycles. The zero-order chi connectivity index (χ0) is 13.6. The van der Waals surface area contributed by atoms with Crippen LogP contribution in [0.15, 0.2) is 78.9 Å². The minimum absolute atomic E-state index is 0. The van der Waals surface area contributed by atoms with E-state index in [-0.39, 0.29) is 17.1 Å². The maximum Gasteiger partial charge on any atom is 2.00 e. The largest absolute Gasteiger partial charge is 2.00 e. The molecule has 0 aliphatic carbocycles. The number of nitrogens with zero attached hydrogens (tertiary/aromatic N) is 1. The molecular formula is C19H19FeN. The van der Waals surface area contributed by atoms with Crippen LogP contribution < -0.4 is 0 Å². The summed E-state index contributed by atoms with van der Waals surface area (Å²) in [4.78, 5) is 2.49. The zero-order valence-corrected chi connectivity index (χ0v) is 13.0. The third-order valence-electron chi connectivity index (χ3n) is 3.52. The van der Waals surface area contributed by atoms with Crippen molar-refractivity contribution < 1.29 is 17.1 Å². The van der Waals surface area contributed by atoms with E-state index in [1.165, 1.54) is 16.7 Å². The van der Waals surface area contributed by atoms with Crippen LogP contribution in [-0.4, -0.2) is 4.90 Å². The molecule has 0 saturated carbocycles. The summed E-state index contributed by atoms with van der Waals surface area (Å²) in [6.45, 7) is 2.97. The second kappa shape index (κ2) is 7.99. The average molecular weight is 317 g/mol. The molecule has 2 heteroatoms. The van der Waals surface area contributed by atoms with Gasteiger partial charge in [0.05, 0.1) is 0 Å². The van der Waals surface area contributed by atoms with E-state index in [4.69, 9.17) is 0 Å². The first kappa shape index (κ1) is 15.8. The molecule has 3 aromatic rings. The van der Waals surface area contributed by atoms with E-state index in [9.17, 15) is 0 Å². The van der Waals surface area contributed by atoms with E-state index in [0.29, 0.717) is 0 Å². The molecule has 0 amide bonds. The molecule has 3 aromatic carbocycles. The van der Waals surface area contributed by atoms with E-state index >= 15 is 0 Å². The Bertz CT molecular complexity index is 560. The molecular weight excluding hydrogens is 298 g/mol. The van der Waals surface area contributed by atoms with Crippen LogP contribution in [0.5, 0.6) is 0 Å². The summed E-state index contributed by atoms with van der Waals surface area (Å²) in [6, 6.07) is 27.9. The van der Waals surface area contributed by atoms with Crippen molar-refractivity contribution in [2.24, 2.45) is 0 Å².